The zero-order chi connectivity index (χ0) is 26.9. The molecule has 0 saturated heterocycles. The highest BCUT2D eigenvalue weighted by molar-refractivity contribution is 5.73. The molecule has 0 spiro atoms. The van der Waals surface area contributed by atoms with Gasteiger partial charge in [-0.3, -0.25) is 0 Å². The van der Waals surface area contributed by atoms with Crippen molar-refractivity contribution in [2.24, 2.45) is 5.92 Å². The Morgan fingerprint density at radius 2 is 1.68 bits per heavy atom. The first-order valence-electron chi connectivity index (χ1n) is 12.7. The molecule has 0 bridgehead atoms. The van der Waals surface area contributed by atoms with E-state index in [0.29, 0.717) is 23.1 Å². The fourth-order valence-corrected chi connectivity index (χ4v) is 4.90. The van der Waals surface area contributed by atoms with Gasteiger partial charge in [0.25, 0.3) is 0 Å². The van der Waals surface area contributed by atoms with Crippen molar-refractivity contribution in [2.75, 3.05) is 6.61 Å². The molecular weight excluding hydrogens is 476 g/mol. The number of aliphatic hydroxyl groups is 2. The minimum Gasteiger partial charge on any atom is -0.493 e. The number of benzene rings is 2. The van der Waals surface area contributed by atoms with Crippen molar-refractivity contribution >= 4 is 0 Å². The number of pyridine rings is 1. The van der Waals surface area contributed by atoms with E-state index < -0.39 is 23.3 Å². The molecule has 0 radical (unpaired) electrons. The fraction of sp³-hybridized carbons (Fsp3) is 0.433. The highest BCUT2D eigenvalue weighted by Gasteiger charge is 2.24. The third-order valence-corrected chi connectivity index (χ3v) is 6.96. The third-order valence-electron chi connectivity index (χ3n) is 6.96. The molecule has 2 aromatic carbocycles. The van der Waals surface area contributed by atoms with Gasteiger partial charge in [-0.05, 0) is 92.5 Å². The molecule has 0 amide bonds. The number of fused-ring (bicyclic) bond motifs is 1. The summed E-state index contributed by atoms with van der Waals surface area (Å²) in [5.74, 6) is 0.258. The highest BCUT2D eigenvalue weighted by atomic mass is 19.1. The van der Waals surface area contributed by atoms with E-state index in [1.807, 2.05) is 26.1 Å². The Morgan fingerprint density at radius 1 is 1.00 bits per heavy atom. The lowest BCUT2D eigenvalue weighted by Gasteiger charge is -2.24. The van der Waals surface area contributed by atoms with Gasteiger partial charge in [0.05, 0.1) is 18.3 Å². The van der Waals surface area contributed by atoms with Gasteiger partial charge in [-0.1, -0.05) is 6.92 Å². The summed E-state index contributed by atoms with van der Waals surface area (Å²) in [4.78, 5) is 4.35. The first-order chi connectivity index (χ1) is 17.4. The molecule has 0 fully saturated rings. The predicted molar refractivity (Wildman–Crippen MR) is 139 cm³/mol. The molecule has 1 aliphatic carbocycles. The summed E-state index contributed by atoms with van der Waals surface area (Å²) in [5.41, 5.74) is 3.95. The largest absolute Gasteiger partial charge is 0.493 e. The molecule has 1 heterocycles. The maximum atomic E-state index is 15.0. The van der Waals surface area contributed by atoms with Gasteiger partial charge in [-0.15, -0.1) is 0 Å². The second kappa shape index (κ2) is 10.8. The second-order valence-corrected chi connectivity index (χ2v) is 10.8. The van der Waals surface area contributed by atoms with E-state index in [4.69, 9.17) is 9.47 Å². The van der Waals surface area contributed by atoms with Crippen molar-refractivity contribution in [1.29, 1.82) is 0 Å². The molecular formula is C30H35F2NO4. The summed E-state index contributed by atoms with van der Waals surface area (Å²) < 4.78 is 41.2. The first kappa shape index (κ1) is 27.0. The van der Waals surface area contributed by atoms with Gasteiger partial charge in [0.1, 0.15) is 24.0 Å². The highest BCUT2D eigenvalue weighted by Crippen LogP contribution is 2.35. The molecule has 0 aliphatic heterocycles. The molecule has 2 unspecified atom stereocenters. The molecule has 1 aliphatic rings. The van der Waals surface area contributed by atoms with Crippen molar-refractivity contribution in [2.45, 2.75) is 72.2 Å². The quantitative estimate of drug-likeness (QED) is 0.377. The normalized spacial score (nSPS) is 16.0. The number of aryl methyl sites for hydroxylation is 2. The van der Waals surface area contributed by atoms with Crippen LogP contribution in [0.5, 0.6) is 11.6 Å². The Hall–Kier alpha value is -3.03. The molecule has 2 atom stereocenters. The molecule has 5 nitrogen and oxygen atoms in total. The number of nitrogens with zero attached hydrogens (tertiary/aromatic N) is 1. The summed E-state index contributed by atoms with van der Waals surface area (Å²) in [6.45, 7) is 9.11. The van der Waals surface area contributed by atoms with Crippen LogP contribution in [-0.4, -0.2) is 33.5 Å². The predicted octanol–water partition coefficient (Wildman–Crippen LogP) is 5.86. The van der Waals surface area contributed by atoms with Crippen LogP contribution >= 0.6 is 0 Å². The van der Waals surface area contributed by atoms with Crippen LogP contribution in [0.4, 0.5) is 8.78 Å². The number of hydrogen-bond donors (Lipinski definition) is 2. The van der Waals surface area contributed by atoms with Gasteiger partial charge in [0.15, 0.2) is 0 Å². The smallest absolute Gasteiger partial charge is 0.213 e. The zero-order valence-electron chi connectivity index (χ0n) is 22.1. The molecule has 4 rings (SSSR count). The summed E-state index contributed by atoms with van der Waals surface area (Å²) in [5, 5.41) is 19.9. The minimum atomic E-state index is -1.21. The first-order valence-corrected chi connectivity index (χ1v) is 12.7. The summed E-state index contributed by atoms with van der Waals surface area (Å²) >= 11 is 0. The molecule has 7 heteroatoms. The summed E-state index contributed by atoms with van der Waals surface area (Å²) in [7, 11) is 0. The Balaban J connectivity index is 1.51. The monoisotopic (exact) mass is 511 g/mol. The van der Waals surface area contributed by atoms with Crippen LogP contribution in [0.3, 0.4) is 0 Å². The van der Waals surface area contributed by atoms with Crippen LogP contribution in [-0.2, 0) is 19.4 Å². The lowest BCUT2D eigenvalue weighted by molar-refractivity contribution is -0.0557. The van der Waals surface area contributed by atoms with Crippen molar-refractivity contribution in [3.63, 3.8) is 0 Å². The number of aliphatic hydroxyl groups excluding tert-OH is 1. The Kier molecular flexibility index (Phi) is 7.85. The van der Waals surface area contributed by atoms with E-state index in [2.05, 4.69) is 11.9 Å². The fourth-order valence-electron chi connectivity index (χ4n) is 4.90. The van der Waals surface area contributed by atoms with E-state index in [0.717, 1.165) is 30.0 Å². The number of halogens is 2. The molecule has 37 heavy (non-hydrogen) atoms. The molecule has 0 saturated carbocycles. The van der Waals surface area contributed by atoms with Crippen LogP contribution < -0.4 is 9.47 Å². The van der Waals surface area contributed by atoms with Gasteiger partial charge in [0, 0.05) is 35.9 Å². The van der Waals surface area contributed by atoms with Gasteiger partial charge >= 0.3 is 0 Å². The molecule has 3 aromatic rings. The Morgan fingerprint density at radius 3 is 2.35 bits per heavy atom. The average molecular weight is 512 g/mol. The molecule has 1 aromatic heterocycles. The van der Waals surface area contributed by atoms with Crippen LogP contribution in [0.1, 0.15) is 55.0 Å². The summed E-state index contributed by atoms with van der Waals surface area (Å²) in [6, 6.07) is 7.87. The zero-order valence-corrected chi connectivity index (χ0v) is 22.1. The van der Waals surface area contributed by atoms with Gasteiger partial charge in [-0.2, -0.15) is 0 Å². The average Bonchev–Trinajstić information content (AvgIpc) is 3.17. The van der Waals surface area contributed by atoms with Crippen LogP contribution in [0.25, 0.3) is 11.1 Å². The topological polar surface area (TPSA) is 71.8 Å². The Labute approximate surface area is 217 Å². The third kappa shape index (κ3) is 6.28. The number of aromatic nitrogens is 1. The van der Waals surface area contributed by atoms with Crippen LogP contribution in [0.2, 0.25) is 0 Å². The van der Waals surface area contributed by atoms with Gasteiger partial charge in [0.2, 0.25) is 5.88 Å². The standard InChI is InChI=1S/C30H35F2NO4/c1-17-8-20-13-28(33-15-21(20)9-17)37-16-22-12-24(26(32)14-25(22)31)29-18(2)10-23(11-19(29)3)36-7-6-27(34)30(4,5)35/h10-15,17,27,34-35H,6-9,16H2,1-5H3. The van der Waals surface area contributed by atoms with Crippen molar-refractivity contribution in [3.8, 4) is 22.8 Å². The van der Waals surface area contributed by atoms with E-state index in [-0.39, 0.29) is 30.8 Å². The SMILES string of the molecule is Cc1cc(OCCC(O)C(C)(C)O)cc(C)c1-c1cc(COc2cc3c(cn2)CC(C)C3)c(F)cc1F. The maximum Gasteiger partial charge on any atom is 0.213 e. The van der Waals surface area contributed by atoms with Crippen LogP contribution in [0, 0.1) is 31.4 Å². The molecule has 2 N–H and O–H groups in total. The van der Waals surface area contributed by atoms with E-state index >= 15 is 0 Å². The van der Waals surface area contributed by atoms with Crippen molar-refractivity contribution in [1.82, 2.24) is 4.98 Å². The van der Waals surface area contributed by atoms with E-state index in [1.54, 1.807) is 26.0 Å². The Bertz CT molecular complexity index is 1260. The lowest BCUT2D eigenvalue weighted by Crippen LogP contribution is -2.36. The number of rotatable bonds is 9. The van der Waals surface area contributed by atoms with E-state index in [9.17, 15) is 19.0 Å². The van der Waals surface area contributed by atoms with Gasteiger partial charge < -0.3 is 19.7 Å². The van der Waals surface area contributed by atoms with E-state index in [1.165, 1.54) is 17.2 Å². The second-order valence-electron chi connectivity index (χ2n) is 10.8. The van der Waals surface area contributed by atoms with Crippen molar-refractivity contribution < 1.29 is 28.5 Å². The number of hydrogen-bond acceptors (Lipinski definition) is 5. The summed E-state index contributed by atoms with van der Waals surface area (Å²) in [6.07, 6.45) is 3.14. The number of ether oxygens (including phenoxy) is 2. The molecule has 198 valence electrons. The minimum absolute atomic E-state index is 0.0662. The maximum absolute atomic E-state index is 15.0. The lowest BCUT2D eigenvalue weighted by atomic mass is 9.93. The van der Waals surface area contributed by atoms with Gasteiger partial charge in [-0.25, -0.2) is 13.8 Å². The van der Waals surface area contributed by atoms with Crippen molar-refractivity contribution in [3.05, 3.63) is 76.0 Å². The van der Waals surface area contributed by atoms with Crippen LogP contribution in [0.15, 0.2) is 36.5 Å².